The minimum absolute atomic E-state index is 0.506. The average Bonchev–Trinajstić information content (AvgIpc) is 2.78. The van der Waals surface area contributed by atoms with Crippen molar-refractivity contribution >= 4 is 28.4 Å². The van der Waals surface area contributed by atoms with Gasteiger partial charge in [-0.3, -0.25) is 0 Å². The summed E-state index contributed by atoms with van der Waals surface area (Å²) in [5.74, 6) is 0.557. The third-order valence-corrected chi connectivity index (χ3v) is 3.19. The highest BCUT2D eigenvalue weighted by atomic mass is 35.5. The van der Waals surface area contributed by atoms with Crippen molar-refractivity contribution in [1.82, 2.24) is 4.98 Å². The largest absolute Gasteiger partial charge is 0.436 e. The molecule has 0 saturated heterocycles. The molecule has 0 atom stereocenters. The van der Waals surface area contributed by atoms with Crippen molar-refractivity contribution in [1.29, 1.82) is 0 Å². The Morgan fingerprint density at radius 2 is 2.06 bits per heavy atom. The molecule has 3 nitrogen and oxygen atoms in total. The minimum atomic E-state index is 0.506. The van der Waals surface area contributed by atoms with Crippen LogP contribution in [0.2, 0.25) is 5.02 Å². The second-order valence-electron chi connectivity index (χ2n) is 4.18. The van der Waals surface area contributed by atoms with E-state index < -0.39 is 0 Å². The molecule has 0 aliphatic heterocycles. The molecule has 0 fully saturated rings. The number of aromatic nitrogens is 1. The van der Waals surface area contributed by atoms with E-state index in [0.717, 1.165) is 22.2 Å². The first-order valence-corrected chi connectivity index (χ1v) is 5.94. The van der Waals surface area contributed by atoms with Crippen molar-refractivity contribution in [2.75, 3.05) is 5.73 Å². The van der Waals surface area contributed by atoms with Gasteiger partial charge >= 0.3 is 0 Å². The third-order valence-electron chi connectivity index (χ3n) is 2.86. The summed E-state index contributed by atoms with van der Waals surface area (Å²) in [5, 5.41) is 0.506. The van der Waals surface area contributed by atoms with Gasteiger partial charge in [-0.15, -0.1) is 0 Å². The molecule has 0 radical (unpaired) electrons. The van der Waals surface area contributed by atoms with E-state index in [4.69, 9.17) is 21.8 Å². The molecule has 0 unspecified atom stereocenters. The lowest BCUT2D eigenvalue weighted by Crippen LogP contribution is -1.86. The minimum Gasteiger partial charge on any atom is -0.436 e. The summed E-state index contributed by atoms with van der Waals surface area (Å²) in [5.41, 5.74) is 9.77. The predicted molar refractivity (Wildman–Crippen MR) is 73.6 cm³/mol. The molecular weight excluding hydrogens is 248 g/mol. The summed E-state index contributed by atoms with van der Waals surface area (Å²) < 4.78 is 5.77. The molecule has 0 bridgehead atoms. The molecule has 2 N–H and O–H groups in total. The average molecular weight is 259 g/mol. The second kappa shape index (κ2) is 4.03. The summed E-state index contributed by atoms with van der Waals surface area (Å²) in [6.45, 7) is 1.99. The number of nitrogens with zero attached hydrogens (tertiary/aromatic N) is 1. The Balaban J connectivity index is 2.19. The fourth-order valence-corrected chi connectivity index (χ4v) is 2.05. The van der Waals surface area contributed by atoms with Crippen molar-refractivity contribution in [2.45, 2.75) is 6.92 Å². The highest BCUT2D eigenvalue weighted by Gasteiger charge is 2.10. The molecule has 0 amide bonds. The van der Waals surface area contributed by atoms with Crippen molar-refractivity contribution in [3.05, 3.63) is 47.0 Å². The number of aryl methyl sites for hydroxylation is 1. The maximum absolute atomic E-state index is 6.00. The zero-order valence-corrected chi connectivity index (χ0v) is 10.5. The maximum atomic E-state index is 6.00. The Kier molecular flexibility index (Phi) is 2.49. The van der Waals surface area contributed by atoms with Crippen LogP contribution in [0.4, 0.5) is 5.69 Å². The van der Waals surface area contributed by atoms with E-state index in [-0.39, 0.29) is 0 Å². The summed E-state index contributed by atoms with van der Waals surface area (Å²) in [4.78, 5) is 4.45. The van der Waals surface area contributed by atoms with Crippen molar-refractivity contribution in [3.63, 3.8) is 0 Å². The van der Waals surface area contributed by atoms with Gasteiger partial charge in [0.2, 0.25) is 5.89 Å². The van der Waals surface area contributed by atoms with Crippen LogP contribution >= 0.6 is 11.6 Å². The molecule has 1 aromatic heterocycles. The molecule has 18 heavy (non-hydrogen) atoms. The quantitative estimate of drug-likeness (QED) is 0.670. The lowest BCUT2D eigenvalue weighted by atomic mass is 10.2. The van der Waals surface area contributed by atoms with Crippen LogP contribution in [0.5, 0.6) is 0 Å². The Bertz CT molecular complexity index is 734. The van der Waals surface area contributed by atoms with E-state index in [9.17, 15) is 0 Å². The number of hydrogen-bond donors (Lipinski definition) is 1. The van der Waals surface area contributed by atoms with Crippen LogP contribution in [0.3, 0.4) is 0 Å². The topological polar surface area (TPSA) is 52.0 Å². The number of anilines is 1. The normalized spacial score (nSPS) is 11.0. The molecule has 0 spiro atoms. The van der Waals surface area contributed by atoms with Crippen LogP contribution < -0.4 is 5.73 Å². The van der Waals surface area contributed by atoms with Gasteiger partial charge in [-0.25, -0.2) is 4.98 Å². The van der Waals surface area contributed by atoms with Crippen molar-refractivity contribution < 1.29 is 4.42 Å². The van der Waals surface area contributed by atoms with Gasteiger partial charge in [-0.2, -0.15) is 0 Å². The van der Waals surface area contributed by atoms with Crippen LogP contribution in [0, 0.1) is 6.92 Å². The maximum Gasteiger partial charge on any atom is 0.227 e. The zero-order valence-electron chi connectivity index (χ0n) is 9.77. The molecule has 3 rings (SSSR count). The fraction of sp³-hybridized carbons (Fsp3) is 0.0714. The molecule has 4 heteroatoms. The molecule has 3 aromatic rings. The van der Waals surface area contributed by atoms with E-state index in [1.165, 1.54) is 0 Å². The van der Waals surface area contributed by atoms with E-state index in [1.54, 1.807) is 12.1 Å². The van der Waals surface area contributed by atoms with E-state index in [0.29, 0.717) is 16.6 Å². The number of para-hydroxylation sites is 1. The van der Waals surface area contributed by atoms with Crippen LogP contribution in [-0.2, 0) is 0 Å². The van der Waals surface area contributed by atoms with Gasteiger partial charge in [0.15, 0.2) is 5.58 Å². The number of oxazole rings is 1. The lowest BCUT2D eigenvalue weighted by molar-refractivity contribution is 0.617. The smallest absolute Gasteiger partial charge is 0.227 e. The number of benzene rings is 2. The summed E-state index contributed by atoms with van der Waals surface area (Å²) in [7, 11) is 0. The Labute approximate surface area is 109 Å². The van der Waals surface area contributed by atoms with Gasteiger partial charge < -0.3 is 10.2 Å². The molecule has 0 saturated carbocycles. The van der Waals surface area contributed by atoms with E-state index >= 15 is 0 Å². The Morgan fingerprint density at radius 3 is 2.78 bits per heavy atom. The number of nitrogens with two attached hydrogens (primary N) is 1. The molecule has 0 aliphatic carbocycles. The summed E-state index contributed by atoms with van der Waals surface area (Å²) in [6.07, 6.45) is 0. The predicted octanol–water partition coefficient (Wildman–Crippen LogP) is 4.04. The fourth-order valence-electron chi connectivity index (χ4n) is 1.87. The van der Waals surface area contributed by atoms with Crippen LogP contribution in [-0.4, -0.2) is 4.98 Å². The van der Waals surface area contributed by atoms with Crippen molar-refractivity contribution in [2.24, 2.45) is 0 Å². The van der Waals surface area contributed by atoms with E-state index in [1.807, 2.05) is 31.2 Å². The molecular formula is C14H11ClN2O. The van der Waals surface area contributed by atoms with Crippen LogP contribution in [0.25, 0.3) is 22.6 Å². The Morgan fingerprint density at radius 1 is 1.22 bits per heavy atom. The van der Waals surface area contributed by atoms with Crippen LogP contribution in [0.1, 0.15) is 5.56 Å². The number of hydrogen-bond acceptors (Lipinski definition) is 3. The first kappa shape index (κ1) is 11.1. The monoisotopic (exact) mass is 258 g/mol. The van der Waals surface area contributed by atoms with Gasteiger partial charge in [-0.1, -0.05) is 23.7 Å². The first-order chi connectivity index (χ1) is 8.65. The van der Waals surface area contributed by atoms with Crippen LogP contribution in [0.15, 0.2) is 40.8 Å². The molecule has 2 aromatic carbocycles. The zero-order chi connectivity index (χ0) is 12.7. The highest BCUT2D eigenvalue weighted by molar-refractivity contribution is 6.33. The van der Waals surface area contributed by atoms with Gasteiger partial charge in [-0.05, 0) is 36.8 Å². The molecule has 90 valence electrons. The molecule has 0 aliphatic rings. The third kappa shape index (κ3) is 1.73. The van der Waals surface area contributed by atoms with Gasteiger partial charge in [0, 0.05) is 5.56 Å². The Hall–Kier alpha value is -2.00. The first-order valence-electron chi connectivity index (χ1n) is 5.57. The molecule has 1 heterocycles. The second-order valence-corrected chi connectivity index (χ2v) is 4.59. The van der Waals surface area contributed by atoms with Gasteiger partial charge in [0.1, 0.15) is 5.52 Å². The number of nitrogen functional groups attached to an aromatic ring is 1. The van der Waals surface area contributed by atoms with Gasteiger partial charge in [0.25, 0.3) is 0 Å². The number of fused-ring (bicyclic) bond motifs is 1. The summed E-state index contributed by atoms with van der Waals surface area (Å²) in [6, 6.07) is 11.2. The van der Waals surface area contributed by atoms with Gasteiger partial charge in [0.05, 0.1) is 10.7 Å². The van der Waals surface area contributed by atoms with Crippen molar-refractivity contribution in [3.8, 4) is 11.5 Å². The number of halogens is 1. The summed E-state index contributed by atoms with van der Waals surface area (Å²) >= 11 is 6.00. The highest BCUT2D eigenvalue weighted by Crippen LogP contribution is 2.29. The standard InChI is InChI=1S/C14H11ClN2O/c1-8-3-2-4-12-13(8)18-14(17-12)9-5-6-11(16)10(15)7-9/h2-7H,16H2,1H3. The lowest BCUT2D eigenvalue weighted by Gasteiger charge is -1.99. The number of rotatable bonds is 1. The SMILES string of the molecule is Cc1cccc2nc(-c3ccc(N)c(Cl)c3)oc12. The van der Waals surface area contributed by atoms with E-state index in [2.05, 4.69) is 4.98 Å².